The van der Waals surface area contributed by atoms with Gasteiger partial charge in [0.25, 0.3) is 0 Å². The molecule has 0 N–H and O–H groups in total. The fourth-order valence-corrected chi connectivity index (χ4v) is 3.16. The first kappa shape index (κ1) is 15.8. The van der Waals surface area contributed by atoms with Gasteiger partial charge >= 0.3 is 0 Å². The van der Waals surface area contributed by atoms with E-state index in [1.54, 1.807) is 0 Å². The predicted molar refractivity (Wildman–Crippen MR) is 89.1 cm³/mol. The fraction of sp³-hybridized carbons (Fsp3) is 0.526. The van der Waals surface area contributed by atoms with E-state index in [0.717, 1.165) is 24.2 Å². The number of pyridine rings is 1. The van der Waals surface area contributed by atoms with Crippen LogP contribution in [-0.2, 0) is 0 Å². The molecule has 0 bridgehead atoms. The van der Waals surface area contributed by atoms with Crippen LogP contribution in [0.1, 0.15) is 51.9 Å². The molecule has 2 rings (SSSR count). The number of likely N-dealkylation sites (tertiary alicyclic amines) is 1. The monoisotopic (exact) mass is 282 g/mol. The van der Waals surface area contributed by atoms with Crippen molar-refractivity contribution in [2.24, 2.45) is 0 Å². The Morgan fingerprint density at radius 3 is 2.33 bits per heavy atom. The molecule has 1 fully saturated rings. The van der Waals surface area contributed by atoms with Crippen molar-refractivity contribution in [1.29, 1.82) is 0 Å². The Balaban J connectivity index is 2.19. The summed E-state index contributed by atoms with van der Waals surface area (Å²) in [6.07, 6.45) is 4.24. The first-order valence-electron chi connectivity index (χ1n) is 7.58. The van der Waals surface area contributed by atoms with Gasteiger partial charge in [-0.15, -0.1) is 0 Å². The summed E-state index contributed by atoms with van der Waals surface area (Å²) in [6.45, 7) is 11.2. The number of hydrogen-bond donors (Lipinski definition) is 0. The summed E-state index contributed by atoms with van der Waals surface area (Å²) >= 11 is 0. The maximum atomic E-state index is 4.41. The van der Waals surface area contributed by atoms with Crippen LogP contribution in [0.5, 0.6) is 0 Å². The van der Waals surface area contributed by atoms with Crippen LogP contribution in [-0.4, -0.2) is 28.0 Å². The van der Waals surface area contributed by atoms with Crippen molar-refractivity contribution >= 4 is 0 Å². The number of hydrogen-bond acceptors (Lipinski definition) is 2. The molecule has 2 heteroatoms. The summed E-state index contributed by atoms with van der Waals surface area (Å²) in [5.74, 6) is 6.34. The van der Waals surface area contributed by atoms with Gasteiger partial charge in [-0.1, -0.05) is 17.6 Å². The Morgan fingerprint density at radius 1 is 1.14 bits per heavy atom. The van der Waals surface area contributed by atoms with Crippen molar-refractivity contribution in [2.75, 3.05) is 7.05 Å². The second-order valence-electron chi connectivity index (χ2n) is 7.27. The highest BCUT2D eigenvalue weighted by Crippen LogP contribution is 2.39. The molecule has 1 aromatic heterocycles. The summed E-state index contributed by atoms with van der Waals surface area (Å²) in [5, 5.41) is 0. The van der Waals surface area contributed by atoms with Gasteiger partial charge in [0, 0.05) is 16.8 Å². The predicted octanol–water partition coefficient (Wildman–Crippen LogP) is 3.95. The first-order chi connectivity index (χ1) is 9.71. The largest absolute Gasteiger partial charge is 0.295 e. The van der Waals surface area contributed by atoms with Gasteiger partial charge in [0.2, 0.25) is 0 Å². The molecule has 0 unspecified atom stereocenters. The zero-order chi connectivity index (χ0) is 15.7. The lowest BCUT2D eigenvalue weighted by Gasteiger charge is -2.51. The van der Waals surface area contributed by atoms with Crippen molar-refractivity contribution in [3.05, 3.63) is 41.2 Å². The van der Waals surface area contributed by atoms with E-state index >= 15 is 0 Å². The van der Waals surface area contributed by atoms with E-state index in [0.29, 0.717) is 0 Å². The van der Waals surface area contributed by atoms with Crippen molar-refractivity contribution in [3.8, 4) is 11.8 Å². The molecule has 0 aromatic carbocycles. The molecule has 2 nitrogen and oxygen atoms in total. The van der Waals surface area contributed by atoms with Gasteiger partial charge in [-0.25, -0.2) is 4.98 Å². The second-order valence-corrected chi connectivity index (χ2v) is 7.27. The molecule has 2 heterocycles. The number of aromatic nitrogens is 1. The zero-order valence-electron chi connectivity index (χ0n) is 14.1. The van der Waals surface area contributed by atoms with E-state index in [-0.39, 0.29) is 11.1 Å². The SMILES string of the molecule is Cc1cccc(C#CC=C2CC(C)(C)N(C)C(C)(C)C2)n1. The van der Waals surface area contributed by atoms with Crippen molar-refractivity contribution in [2.45, 2.75) is 58.5 Å². The van der Waals surface area contributed by atoms with Gasteiger partial charge in [-0.05, 0) is 78.6 Å². The van der Waals surface area contributed by atoms with Crippen molar-refractivity contribution in [3.63, 3.8) is 0 Å². The molecule has 1 saturated heterocycles. The quantitative estimate of drug-likeness (QED) is 0.670. The molecule has 0 aliphatic carbocycles. The lowest BCUT2D eigenvalue weighted by molar-refractivity contribution is 0.0211. The van der Waals surface area contributed by atoms with Crippen molar-refractivity contribution < 1.29 is 0 Å². The highest BCUT2D eigenvalue weighted by atomic mass is 15.2. The van der Waals surface area contributed by atoms with E-state index < -0.39 is 0 Å². The Labute approximate surface area is 129 Å². The molecule has 1 aliphatic heterocycles. The normalized spacial score (nSPS) is 20.6. The molecular formula is C19H26N2. The molecule has 0 spiro atoms. The van der Waals surface area contributed by atoms with Gasteiger partial charge in [0.15, 0.2) is 0 Å². The van der Waals surface area contributed by atoms with E-state index in [1.807, 2.05) is 25.1 Å². The van der Waals surface area contributed by atoms with Crippen molar-refractivity contribution in [1.82, 2.24) is 9.88 Å². The van der Waals surface area contributed by atoms with Crippen LogP contribution < -0.4 is 0 Å². The van der Waals surface area contributed by atoms with Gasteiger partial charge in [-0.3, -0.25) is 4.90 Å². The lowest BCUT2D eigenvalue weighted by Crippen LogP contribution is -2.56. The highest BCUT2D eigenvalue weighted by molar-refractivity contribution is 5.35. The number of allylic oxidation sites excluding steroid dienone is 1. The van der Waals surface area contributed by atoms with E-state index in [2.05, 4.69) is 62.5 Å². The van der Waals surface area contributed by atoms with Crippen LogP contribution >= 0.6 is 0 Å². The second kappa shape index (κ2) is 5.66. The number of nitrogens with zero attached hydrogens (tertiary/aromatic N) is 2. The Kier molecular flexibility index (Phi) is 4.25. The zero-order valence-corrected chi connectivity index (χ0v) is 14.1. The molecule has 112 valence electrons. The van der Waals surface area contributed by atoms with E-state index in [1.165, 1.54) is 5.57 Å². The summed E-state index contributed by atoms with van der Waals surface area (Å²) in [6, 6.07) is 5.95. The molecule has 1 aliphatic rings. The fourth-order valence-electron chi connectivity index (χ4n) is 3.16. The maximum absolute atomic E-state index is 4.41. The Hall–Kier alpha value is -1.59. The van der Waals surface area contributed by atoms with E-state index in [9.17, 15) is 0 Å². The summed E-state index contributed by atoms with van der Waals surface area (Å²) < 4.78 is 0. The molecule has 0 atom stereocenters. The highest BCUT2D eigenvalue weighted by Gasteiger charge is 2.40. The first-order valence-corrected chi connectivity index (χ1v) is 7.58. The van der Waals surface area contributed by atoms with Crippen LogP contribution in [0.4, 0.5) is 0 Å². The molecule has 0 saturated carbocycles. The minimum Gasteiger partial charge on any atom is -0.295 e. The van der Waals surface area contributed by atoms with Crippen LogP contribution in [0, 0.1) is 18.8 Å². The van der Waals surface area contributed by atoms with Crippen LogP contribution in [0.15, 0.2) is 29.8 Å². The Morgan fingerprint density at radius 2 is 1.76 bits per heavy atom. The molecular weight excluding hydrogens is 256 g/mol. The minimum atomic E-state index is 0.177. The average Bonchev–Trinajstić information content (AvgIpc) is 2.35. The van der Waals surface area contributed by atoms with E-state index in [4.69, 9.17) is 0 Å². The summed E-state index contributed by atoms with van der Waals surface area (Å²) in [7, 11) is 2.22. The van der Waals surface area contributed by atoms with Gasteiger partial charge in [0.1, 0.15) is 5.69 Å². The van der Waals surface area contributed by atoms with Crippen LogP contribution in [0.3, 0.4) is 0 Å². The van der Waals surface area contributed by atoms with Crippen LogP contribution in [0.25, 0.3) is 0 Å². The average molecular weight is 282 g/mol. The minimum absolute atomic E-state index is 0.177. The molecule has 0 radical (unpaired) electrons. The third-order valence-electron chi connectivity index (χ3n) is 4.50. The van der Waals surface area contributed by atoms with Gasteiger partial charge < -0.3 is 0 Å². The molecule has 0 amide bonds. The summed E-state index contributed by atoms with van der Waals surface area (Å²) in [4.78, 5) is 6.89. The topological polar surface area (TPSA) is 16.1 Å². The lowest BCUT2D eigenvalue weighted by atomic mass is 9.77. The maximum Gasteiger partial charge on any atom is 0.113 e. The Bertz CT molecular complexity index is 592. The number of aryl methyl sites for hydroxylation is 1. The third kappa shape index (κ3) is 3.74. The number of rotatable bonds is 0. The smallest absolute Gasteiger partial charge is 0.113 e. The summed E-state index contributed by atoms with van der Waals surface area (Å²) in [5.41, 5.74) is 3.64. The van der Waals surface area contributed by atoms with Gasteiger partial charge in [0.05, 0.1) is 0 Å². The molecule has 21 heavy (non-hydrogen) atoms. The third-order valence-corrected chi connectivity index (χ3v) is 4.50. The molecule has 1 aromatic rings. The standard InChI is InChI=1S/C19H26N2/c1-15-9-7-11-17(20-15)12-8-10-16-13-18(2,3)21(6)19(4,5)14-16/h7,9-11H,13-14H2,1-6H3. The van der Waals surface area contributed by atoms with Gasteiger partial charge in [-0.2, -0.15) is 0 Å². The number of piperidine rings is 1. The van der Waals surface area contributed by atoms with Crippen LogP contribution in [0.2, 0.25) is 0 Å².